The van der Waals surface area contributed by atoms with Crippen LogP contribution in [0.4, 0.5) is 13.2 Å². The van der Waals surface area contributed by atoms with Crippen molar-refractivity contribution in [1.29, 1.82) is 0 Å². The fraction of sp³-hybridized carbons (Fsp3) is 0.400. The molecule has 16 heavy (non-hydrogen) atoms. The number of halogens is 4. The number of ether oxygens (including phenoxy) is 1. The van der Waals surface area contributed by atoms with E-state index in [1.165, 1.54) is 12.1 Å². The van der Waals surface area contributed by atoms with Crippen LogP contribution in [0.25, 0.3) is 0 Å². The van der Waals surface area contributed by atoms with E-state index in [1.807, 2.05) is 0 Å². The van der Waals surface area contributed by atoms with Gasteiger partial charge < -0.3 is 4.74 Å². The number of benzene rings is 1. The summed E-state index contributed by atoms with van der Waals surface area (Å²) in [5, 5.41) is 1.25. The zero-order chi connectivity index (χ0) is 12.6. The van der Waals surface area contributed by atoms with Gasteiger partial charge in [0.2, 0.25) is 0 Å². The Morgan fingerprint density at radius 3 is 2.12 bits per heavy atom. The summed E-state index contributed by atoms with van der Waals surface area (Å²) in [5.74, 6) is -0.278. The molecular weight excluding hydrogens is 257 g/mol. The van der Waals surface area contributed by atoms with Gasteiger partial charge in [0.1, 0.15) is 5.75 Å². The molecule has 0 fully saturated rings. The number of hydrogen-bond acceptors (Lipinski definition) is 1. The van der Waals surface area contributed by atoms with Crippen LogP contribution < -0.4 is 9.92 Å². The SMILES string of the molecule is C[Si](C)(C)c1ccc(OC(F)(F)F)cc1Cl. The van der Waals surface area contributed by atoms with Crippen LogP contribution in [0, 0.1) is 0 Å². The molecule has 0 atom stereocenters. The molecule has 0 aromatic heterocycles. The van der Waals surface area contributed by atoms with Crippen LogP contribution in [0.15, 0.2) is 18.2 Å². The molecule has 0 heterocycles. The van der Waals surface area contributed by atoms with Crippen LogP contribution in [-0.2, 0) is 0 Å². The molecule has 1 aromatic carbocycles. The van der Waals surface area contributed by atoms with Crippen molar-refractivity contribution in [1.82, 2.24) is 0 Å². The van der Waals surface area contributed by atoms with Gasteiger partial charge in [-0.25, -0.2) is 0 Å². The van der Waals surface area contributed by atoms with Crippen molar-refractivity contribution in [2.24, 2.45) is 0 Å². The van der Waals surface area contributed by atoms with Gasteiger partial charge in [-0.05, 0) is 17.3 Å². The van der Waals surface area contributed by atoms with Gasteiger partial charge in [-0.3, -0.25) is 0 Å². The van der Waals surface area contributed by atoms with Crippen molar-refractivity contribution in [2.75, 3.05) is 0 Å². The third-order valence-electron chi connectivity index (χ3n) is 1.98. The molecular formula is C10H12ClF3OSi. The fourth-order valence-corrected chi connectivity index (χ4v) is 3.69. The predicted molar refractivity (Wildman–Crippen MR) is 61.1 cm³/mol. The second kappa shape index (κ2) is 4.29. The van der Waals surface area contributed by atoms with Crippen LogP contribution in [-0.4, -0.2) is 14.4 Å². The molecule has 90 valence electrons. The second-order valence-corrected chi connectivity index (χ2v) is 9.89. The van der Waals surface area contributed by atoms with Crippen LogP contribution in [0.3, 0.4) is 0 Å². The summed E-state index contributed by atoms with van der Waals surface area (Å²) in [6.07, 6.45) is -4.68. The van der Waals surface area contributed by atoms with Crippen molar-refractivity contribution in [2.45, 2.75) is 26.0 Å². The first kappa shape index (κ1) is 13.4. The lowest BCUT2D eigenvalue weighted by atomic mass is 10.3. The van der Waals surface area contributed by atoms with Gasteiger partial charge >= 0.3 is 6.36 Å². The Morgan fingerprint density at radius 2 is 1.75 bits per heavy atom. The maximum Gasteiger partial charge on any atom is 0.573 e. The summed E-state index contributed by atoms with van der Waals surface area (Å²) in [4.78, 5) is 0. The minimum Gasteiger partial charge on any atom is -0.406 e. The maximum atomic E-state index is 12.0. The Bertz CT molecular complexity index is 385. The maximum absolute atomic E-state index is 12.0. The van der Waals surface area contributed by atoms with Crippen molar-refractivity contribution >= 4 is 24.9 Å². The molecule has 0 saturated carbocycles. The van der Waals surface area contributed by atoms with E-state index in [0.29, 0.717) is 5.02 Å². The van der Waals surface area contributed by atoms with E-state index in [-0.39, 0.29) is 5.75 Å². The topological polar surface area (TPSA) is 9.23 Å². The molecule has 0 saturated heterocycles. The lowest BCUT2D eigenvalue weighted by Gasteiger charge is -2.19. The molecule has 0 aliphatic rings. The number of rotatable bonds is 2. The molecule has 0 radical (unpaired) electrons. The smallest absolute Gasteiger partial charge is 0.406 e. The third-order valence-corrected chi connectivity index (χ3v) is 4.51. The van der Waals surface area contributed by atoms with Crippen LogP contribution >= 0.6 is 11.6 Å². The highest BCUT2D eigenvalue weighted by Crippen LogP contribution is 2.25. The summed E-state index contributed by atoms with van der Waals surface area (Å²) in [6.45, 7) is 6.20. The fourth-order valence-electron chi connectivity index (χ4n) is 1.30. The summed E-state index contributed by atoms with van der Waals surface area (Å²) >= 11 is 5.93. The molecule has 1 nitrogen and oxygen atoms in total. The van der Waals surface area contributed by atoms with E-state index < -0.39 is 14.4 Å². The lowest BCUT2D eigenvalue weighted by Crippen LogP contribution is -2.38. The van der Waals surface area contributed by atoms with Gasteiger partial charge in [0, 0.05) is 5.02 Å². The molecule has 1 aromatic rings. The summed E-state index contributed by atoms with van der Waals surface area (Å²) in [6, 6.07) is 4.12. The zero-order valence-corrected chi connectivity index (χ0v) is 10.9. The minimum atomic E-state index is -4.68. The molecule has 6 heteroatoms. The number of alkyl halides is 3. The Morgan fingerprint density at radius 1 is 1.19 bits per heavy atom. The Labute approximate surface area is 98.2 Å². The largest absolute Gasteiger partial charge is 0.573 e. The molecule has 0 aliphatic heterocycles. The molecule has 0 amide bonds. The van der Waals surface area contributed by atoms with E-state index in [0.717, 1.165) is 5.19 Å². The minimum absolute atomic E-state index is 0.278. The molecule has 0 unspecified atom stereocenters. The standard InChI is InChI=1S/C10H12ClF3OSi/c1-16(2,3)9-5-4-7(6-8(9)11)15-10(12,13)14/h4-6H,1-3H3. The summed E-state index contributed by atoms with van der Waals surface area (Å²) in [5.41, 5.74) is 0. The van der Waals surface area contributed by atoms with Crippen molar-refractivity contribution in [3.63, 3.8) is 0 Å². The average Bonchev–Trinajstić information content (AvgIpc) is 1.97. The first-order valence-electron chi connectivity index (χ1n) is 4.65. The van der Waals surface area contributed by atoms with Gasteiger partial charge in [-0.1, -0.05) is 37.3 Å². The second-order valence-electron chi connectivity index (χ2n) is 4.44. The van der Waals surface area contributed by atoms with E-state index in [2.05, 4.69) is 24.4 Å². The monoisotopic (exact) mass is 268 g/mol. The third kappa shape index (κ3) is 3.72. The van der Waals surface area contributed by atoms with Crippen LogP contribution in [0.1, 0.15) is 0 Å². The quantitative estimate of drug-likeness (QED) is 0.742. The highest BCUT2D eigenvalue weighted by Gasteiger charge is 2.31. The first-order chi connectivity index (χ1) is 7.09. The highest BCUT2D eigenvalue weighted by molar-refractivity contribution is 6.90. The molecule has 1 rings (SSSR count). The number of hydrogen-bond donors (Lipinski definition) is 0. The normalized spacial score (nSPS) is 12.7. The summed E-state index contributed by atoms with van der Waals surface area (Å²) < 4.78 is 39.6. The van der Waals surface area contributed by atoms with E-state index in [1.54, 1.807) is 6.07 Å². The van der Waals surface area contributed by atoms with Crippen LogP contribution in [0.2, 0.25) is 24.7 Å². The lowest BCUT2D eigenvalue weighted by molar-refractivity contribution is -0.274. The Hall–Kier alpha value is -0.683. The van der Waals surface area contributed by atoms with E-state index in [9.17, 15) is 13.2 Å². The van der Waals surface area contributed by atoms with Gasteiger partial charge in [0.05, 0.1) is 8.07 Å². The van der Waals surface area contributed by atoms with Gasteiger partial charge in [0.15, 0.2) is 0 Å². The van der Waals surface area contributed by atoms with Crippen molar-refractivity contribution in [3.05, 3.63) is 23.2 Å². The Balaban J connectivity index is 3.01. The highest BCUT2D eigenvalue weighted by atomic mass is 35.5. The predicted octanol–water partition coefficient (Wildman–Crippen LogP) is 3.78. The summed E-state index contributed by atoms with van der Waals surface area (Å²) in [7, 11) is -1.63. The van der Waals surface area contributed by atoms with Crippen molar-refractivity contribution in [3.8, 4) is 5.75 Å². The van der Waals surface area contributed by atoms with Crippen molar-refractivity contribution < 1.29 is 17.9 Å². The van der Waals surface area contributed by atoms with Gasteiger partial charge in [0.25, 0.3) is 0 Å². The molecule has 0 N–H and O–H groups in total. The van der Waals surface area contributed by atoms with E-state index >= 15 is 0 Å². The zero-order valence-electron chi connectivity index (χ0n) is 9.15. The van der Waals surface area contributed by atoms with Crippen LogP contribution in [0.5, 0.6) is 5.75 Å². The first-order valence-corrected chi connectivity index (χ1v) is 8.53. The molecule has 0 spiro atoms. The van der Waals surface area contributed by atoms with Gasteiger partial charge in [-0.2, -0.15) is 0 Å². The molecule has 0 bridgehead atoms. The Kier molecular flexibility index (Phi) is 3.59. The van der Waals surface area contributed by atoms with Gasteiger partial charge in [-0.15, -0.1) is 13.2 Å². The van der Waals surface area contributed by atoms with E-state index in [4.69, 9.17) is 11.6 Å². The average molecular weight is 269 g/mol. The molecule has 0 aliphatic carbocycles.